The first-order chi connectivity index (χ1) is 7.41. The summed E-state index contributed by atoms with van der Waals surface area (Å²) in [6.45, 7) is 3.17. The zero-order valence-corrected chi connectivity index (χ0v) is 9.00. The second-order valence-corrected chi connectivity index (χ2v) is 3.62. The number of benzene rings is 1. The molecule has 3 nitrogen and oxygen atoms in total. The summed E-state index contributed by atoms with van der Waals surface area (Å²) < 4.78 is 25.6. The van der Waals surface area contributed by atoms with E-state index in [1.807, 2.05) is 0 Å². The van der Waals surface area contributed by atoms with Crippen molar-refractivity contribution < 1.29 is 18.7 Å². The van der Waals surface area contributed by atoms with Crippen LogP contribution in [0.2, 0.25) is 0 Å². The summed E-state index contributed by atoms with van der Waals surface area (Å²) in [4.78, 5) is 10.6. The second-order valence-electron chi connectivity index (χ2n) is 3.62. The fourth-order valence-electron chi connectivity index (χ4n) is 1.32. The van der Waals surface area contributed by atoms with Crippen molar-refractivity contribution in [2.75, 3.05) is 0 Å². The van der Waals surface area contributed by atoms with E-state index in [0.29, 0.717) is 5.56 Å². The van der Waals surface area contributed by atoms with E-state index in [0.717, 1.165) is 12.1 Å². The van der Waals surface area contributed by atoms with E-state index < -0.39 is 23.6 Å². The van der Waals surface area contributed by atoms with Crippen LogP contribution in [0.4, 0.5) is 8.78 Å². The molecule has 2 atom stereocenters. The van der Waals surface area contributed by atoms with Gasteiger partial charge >= 0.3 is 5.97 Å². The Morgan fingerprint density at radius 2 is 1.94 bits per heavy atom. The molecule has 1 rings (SSSR count). The first-order valence-corrected chi connectivity index (χ1v) is 4.85. The fourth-order valence-corrected chi connectivity index (χ4v) is 1.32. The van der Waals surface area contributed by atoms with Gasteiger partial charge in [-0.2, -0.15) is 0 Å². The zero-order valence-electron chi connectivity index (χ0n) is 9.00. The molecule has 2 unspecified atom stereocenters. The van der Waals surface area contributed by atoms with Gasteiger partial charge in [-0.15, -0.1) is 0 Å². The molecule has 0 spiro atoms. The van der Waals surface area contributed by atoms with Crippen LogP contribution in [0.15, 0.2) is 18.2 Å². The van der Waals surface area contributed by atoms with E-state index in [1.165, 1.54) is 13.0 Å². The molecule has 0 bridgehead atoms. The summed E-state index contributed by atoms with van der Waals surface area (Å²) in [7, 11) is 0. The molecule has 0 saturated carbocycles. The minimum atomic E-state index is -0.991. The molecule has 1 aromatic rings. The van der Waals surface area contributed by atoms with Crippen LogP contribution in [0, 0.1) is 11.6 Å². The SMILES string of the molecule is CC(NC(C)c1ccc(F)c(F)c1)C(=O)O. The third-order valence-corrected chi connectivity index (χ3v) is 2.31. The molecule has 0 aliphatic heterocycles. The highest BCUT2D eigenvalue weighted by Crippen LogP contribution is 2.16. The van der Waals surface area contributed by atoms with Crippen LogP contribution in [-0.4, -0.2) is 17.1 Å². The van der Waals surface area contributed by atoms with Crippen LogP contribution in [0.5, 0.6) is 0 Å². The molecule has 0 aliphatic carbocycles. The number of hydrogen-bond donors (Lipinski definition) is 2. The first kappa shape index (κ1) is 12.6. The largest absolute Gasteiger partial charge is 0.480 e. The van der Waals surface area contributed by atoms with E-state index in [1.54, 1.807) is 6.92 Å². The summed E-state index contributed by atoms with van der Waals surface area (Å²) in [6, 6.07) is 2.39. The maximum atomic E-state index is 12.9. The van der Waals surface area contributed by atoms with Gasteiger partial charge in [0, 0.05) is 6.04 Å². The molecular formula is C11H13F2NO2. The second kappa shape index (κ2) is 5.03. The van der Waals surface area contributed by atoms with Crippen LogP contribution in [0.3, 0.4) is 0 Å². The highest BCUT2D eigenvalue weighted by molar-refractivity contribution is 5.72. The Labute approximate surface area is 92.1 Å². The Kier molecular flexibility index (Phi) is 3.95. The summed E-state index contributed by atoms with van der Waals surface area (Å²) >= 11 is 0. The van der Waals surface area contributed by atoms with E-state index in [9.17, 15) is 13.6 Å². The Balaban J connectivity index is 2.76. The molecule has 1 aromatic carbocycles. The molecule has 88 valence electrons. The molecule has 0 heterocycles. The standard InChI is InChI=1S/C11H13F2NO2/c1-6(14-7(2)11(15)16)8-3-4-9(12)10(13)5-8/h3-7,14H,1-2H3,(H,15,16). The maximum absolute atomic E-state index is 12.9. The zero-order chi connectivity index (χ0) is 12.3. The van der Waals surface area contributed by atoms with Crippen LogP contribution in [0.1, 0.15) is 25.5 Å². The molecule has 0 aromatic heterocycles. The predicted octanol–water partition coefficient (Wildman–Crippen LogP) is 2.09. The average molecular weight is 229 g/mol. The van der Waals surface area contributed by atoms with Gasteiger partial charge in [-0.25, -0.2) is 8.78 Å². The van der Waals surface area contributed by atoms with Crippen molar-refractivity contribution in [2.45, 2.75) is 25.9 Å². The monoisotopic (exact) mass is 229 g/mol. The highest BCUT2D eigenvalue weighted by atomic mass is 19.2. The molecule has 0 radical (unpaired) electrons. The van der Waals surface area contributed by atoms with Gasteiger partial charge in [0.05, 0.1) is 0 Å². The molecular weight excluding hydrogens is 216 g/mol. The molecule has 16 heavy (non-hydrogen) atoms. The lowest BCUT2D eigenvalue weighted by atomic mass is 10.1. The maximum Gasteiger partial charge on any atom is 0.320 e. The van der Waals surface area contributed by atoms with Gasteiger partial charge in [-0.1, -0.05) is 6.07 Å². The minimum Gasteiger partial charge on any atom is -0.480 e. The van der Waals surface area contributed by atoms with Gasteiger partial charge < -0.3 is 5.11 Å². The van der Waals surface area contributed by atoms with Crippen molar-refractivity contribution in [1.29, 1.82) is 0 Å². The lowest BCUT2D eigenvalue weighted by Gasteiger charge is -2.17. The highest BCUT2D eigenvalue weighted by Gasteiger charge is 2.15. The number of nitrogens with one attached hydrogen (secondary N) is 1. The number of carboxylic acid groups (broad SMARTS) is 1. The normalized spacial score (nSPS) is 14.5. The van der Waals surface area contributed by atoms with Crippen LogP contribution in [0.25, 0.3) is 0 Å². The van der Waals surface area contributed by atoms with Gasteiger partial charge in [-0.3, -0.25) is 10.1 Å². The van der Waals surface area contributed by atoms with Crippen molar-refractivity contribution in [1.82, 2.24) is 5.32 Å². The van der Waals surface area contributed by atoms with Crippen molar-refractivity contribution in [3.63, 3.8) is 0 Å². The van der Waals surface area contributed by atoms with Gasteiger partial charge in [-0.05, 0) is 31.5 Å². The van der Waals surface area contributed by atoms with Crippen molar-refractivity contribution >= 4 is 5.97 Å². The Morgan fingerprint density at radius 1 is 1.31 bits per heavy atom. The first-order valence-electron chi connectivity index (χ1n) is 4.85. The Bertz CT molecular complexity index is 396. The van der Waals surface area contributed by atoms with E-state index in [2.05, 4.69) is 5.32 Å². The number of hydrogen-bond acceptors (Lipinski definition) is 2. The number of rotatable bonds is 4. The van der Waals surface area contributed by atoms with Crippen molar-refractivity contribution in [3.8, 4) is 0 Å². The summed E-state index contributed by atoms with van der Waals surface area (Å²) in [6.07, 6.45) is 0. The fraction of sp³-hybridized carbons (Fsp3) is 0.364. The van der Waals surface area contributed by atoms with E-state index >= 15 is 0 Å². The lowest BCUT2D eigenvalue weighted by Crippen LogP contribution is -2.35. The predicted molar refractivity (Wildman–Crippen MR) is 55.0 cm³/mol. The Morgan fingerprint density at radius 3 is 2.44 bits per heavy atom. The van der Waals surface area contributed by atoms with Crippen LogP contribution >= 0.6 is 0 Å². The molecule has 0 saturated heterocycles. The molecule has 0 fully saturated rings. The lowest BCUT2D eigenvalue weighted by molar-refractivity contribution is -0.139. The molecule has 0 amide bonds. The quantitative estimate of drug-likeness (QED) is 0.831. The van der Waals surface area contributed by atoms with Crippen LogP contribution in [-0.2, 0) is 4.79 Å². The average Bonchev–Trinajstić information content (AvgIpc) is 2.21. The Hall–Kier alpha value is -1.49. The third kappa shape index (κ3) is 3.00. The minimum absolute atomic E-state index is 0.360. The van der Waals surface area contributed by atoms with E-state index in [4.69, 9.17) is 5.11 Å². The topological polar surface area (TPSA) is 49.3 Å². The smallest absolute Gasteiger partial charge is 0.320 e. The third-order valence-electron chi connectivity index (χ3n) is 2.31. The summed E-state index contributed by atoms with van der Waals surface area (Å²) in [5, 5.41) is 11.4. The van der Waals surface area contributed by atoms with Gasteiger partial charge in [0.25, 0.3) is 0 Å². The molecule has 0 aliphatic rings. The molecule has 5 heteroatoms. The van der Waals surface area contributed by atoms with E-state index in [-0.39, 0.29) is 6.04 Å². The number of halogens is 2. The number of aliphatic carboxylic acids is 1. The summed E-state index contributed by atoms with van der Waals surface area (Å²) in [5.41, 5.74) is 0.506. The van der Waals surface area contributed by atoms with Crippen molar-refractivity contribution in [3.05, 3.63) is 35.4 Å². The van der Waals surface area contributed by atoms with Gasteiger partial charge in [0.15, 0.2) is 11.6 Å². The van der Waals surface area contributed by atoms with Crippen LogP contribution < -0.4 is 5.32 Å². The van der Waals surface area contributed by atoms with Gasteiger partial charge in [0.2, 0.25) is 0 Å². The molecule has 2 N–H and O–H groups in total. The van der Waals surface area contributed by atoms with Gasteiger partial charge in [0.1, 0.15) is 6.04 Å². The van der Waals surface area contributed by atoms with Crippen molar-refractivity contribution in [2.24, 2.45) is 0 Å². The summed E-state index contributed by atoms with van der Waals surface area (Å²) in [5.74, 6) is -2.84. The number of carbonyl (C=O) groups is 1. The number of carboxylic acids is 1.